The van der Waals surface area contributed by atoms with Crippen molar-refractivity contribution >= 4 is 10.8 Å². The van der Waals surface area contributed by atoms with Gasteiger partial charge in [0, 0.05) is 24.7 Å². The molecule has 0 aliphatic rings. The van der Waals surface area contributed by atoms with Crippen LogP contribution in [-0.4, -0.2) is 38.7 Å². The van der Waals surface area contributed by atoms with Crippen molar-refractivity contribution in [1.29, 1.82) is 0 Å². The summed E-state index contributed by atoms with van der Waals surface area (Å²) >= 11 is 0. The molecule has 0 spiro atoms. The SMILES string of the molecule is COc1ccc2ccccc2c1CNC(C)CN(C)C. The summed E-state index contributed by atoms with van der Waals surface area (Å²) in [7, 11) is 5.92. The molecule has 2 rings (SSSR count). The van der Waals surface area contributed by atoms with Gasteiger partial charge in [0.1, 0.15) is 5.75 Å². The second kappa shape index (κ2) is 6.73. The van der Waals surface area contributed by atoms with Gasteiger partial charge in [-0.3, -0.25) is 0 Å². The van der Waals surface area contributed by atoms with E-state index in [1.165, 1.54) is 16.3 Å². The van der Waals surface area contributed by atoms with Crippen molar-refractivity contribution in [2.45, 2.75) is 19.5 Å². The third kappa shape index (κ3) is 3.50. The van der Waals surface area contributed by atoms with Gasteiger partial charge in [0.25, 0.3) is 0 Å². The standard InChI is InChI=1S/C17H24N2O/c1-13(12-19(2)3)18-11-16-15-8-6-5-7-14(15)9-10-17(16)20-4/h5-10,13,18H,11-12H2,1-4H3. The molecule has 108 valence electrons. The van der Waals surface area contributed by atoms with Crippen LogP contribution < -0.4 is 10.1 Å². The molecule has 20 heavy (non-hydrogen) atoms. The number of hydrogen-bond acceptors (Lipinski definition) is 3. The van der Waals surface area contributed by atoms with Crippen molar-refractivity contribution in [3.05, 3.63) is 42.0 Å². The van der Waals surface area contributed by atoms with Crippen molar-refractivity contribution < 1.29 is 4.74 Å². The van der Waals surface area contributed by atoms with Crippen LogP contribution in [-0.2, 0) is 6.54 Å². The summed E-state index contributed by atoms with van der Waals surface area (Å²) in [5.41, 5.74) is 1.23. The summed E-state index contributed by atoms with van der Waals surface area (Å²) in [6.07, 6.45) is 0. The number of benzene rings is 2. The molecule has 0 saturated heterocycles. The van der Waals surface area contributed by atoms with Crippen molar-refractivity contribution in [2.24, 2.45) is 0 Å². The smallest absolute Gasteiger partial charge is 0.123 e. The number of ether oxygens (including phenoxy) is 1. The zero-order chi connectivity index (χ0) is 14.5. The number of nitrogens with one attached hydrogen (secondary N) is 1. The highest BCUT2D eigenvalue weighted by Crippen LogP contribution is 2.27. The molecule has 0 fully saturated rings. The molecule has 0 bridgehead atoms. The van der Waals surface area contributed by atoms with Crippen molar-refractivity contribution in [3.63, 3.8) is 0 Å². The Labute approximate surface area is 121 Å². The molecule has 3 heteroatoms. The van der Waals surface area contributed by atoms with E-state index in [1.807, 2.05) is 0 Å². The Morgan fingerprint density at radius 3 is 2.60 bits per heavy atom. The Bertz CT molecular complexity index is 566. The van der Waals surface area contributed by atoms with Gasteiger partial charge in [0.05, 0.1) is 7.11 Å². The maximum Gasteiger partial charge on any atom is 0.123 e. The molecule has 0 saturated carbocycles. The second-order valence-corrected chi connectivity index (χ2v) is 5.51. The molecule has 0 aliphatic carbocycles. The van der Waals surface area contributed by atoms with Crippen LogP contribution >= 0.6 is 0 Å². The third-order valence-corrected chi connectivity index (χ3v) is 3.48. The van der Waals surface area contributed by atoms with Gasteiger partial charge in [0.2, 0.25) is 0 Å². The van der Waals surface area contributed by atoms with Crippen molar-refractivity contribution in [1.82, 2.24) is 10.2 Å². The molecule has 0 aliphatic heterocycles. The molecular formula is C17H24N2O. The molecular weight excluding hydrogens is 248 g/mol. The number of fused-ring (bicyclic) bond motifs is 1. The lowest BCUT2D eigenvalue weighted by atomic mass is 10.0. The minimum Gasteiger partial charge on any atom is -0.496 e. The second-order valence-electron chi connectivity index (χ2n) is 5.51. The highest BCUT2D eigenvalue weighted by atomic mass is 16.5. The van der Waals surface area contributed by atoms with Crippen LogP contribution in [0.2, 0.25) is 0 Å². The Morgan fingerprint density at radius 1 is 1.15 bits per heavy atom. The van der Waals surface area contributed by atoms with Crippen LogP contribution in [0, 0.1) is 0 Å². The molecule has 3 nitrogen and oxygen atoms in total. The van der Waals surface area contributed by atoms with Crippen LogP contribution in [0.5, 0.6) is 5.75 Å². The van der Waals surface area contributed by atoms with Gasteiger partial charge in [-0.15, -0.1) is 0 Å². The van der Waals surface area contributed by atoms with Crippen LogP contribution in [0.15, 0.2) is 36.4 Å². The molecule has 2 aromatic rings. The summed E-state index contributed by atoms with van der Waals surface area (Å²) in [5, 5.41) is 6.09. The molecule has 2 aromatic carbocycles. The Kier molecular flexibility index (Phi) is 4.99. The van der Waals surface area contributed by atoms with E-state index in [-0.39, 0.29) is 0 Å². The Hall–Kier alpha value is -1.58. The first kappa shape index (κ1) is 14.8. The van der Waals surface area contributed by atoms with E-state index in [0.29, 0.717) is 6.04 Å². The van der Waals surface area contributed by atoms with Gasteiger partial charge in [-0.2, -0.15) is 0 Å². The predicted octanol–water partition coefficient (Wildman–Crippen LogP) is 2.89. The third-order valence-electron chi connectivity index (χ3n) is 3.48. The lowest BCUT2D eigenvalue weighted by Gasteiger charge is -2.20. The number of nitrogens with zero attached hydrogens (tertiary/aromatic N) is 1. The first-order valence-electron chi connectivity index (χ1n) is 7.04. The van der Waals surface area contributed by atoms with Gasteiger partial charge < -0.3 is 15.0 Å². The van der Waals surface area contributed by atoms with E-state index in [2.05, 4.69) is 67.6 Å². The maximum atomic E-state index is 5.52. The first-order chi connectivity index (χ1) is 9.61. The van der Waals surface area contributed by atoms with E-state index in [4.69, 9.17) is 4.74 Å². The highest BCUT2D eigenvalue weighted by molar-refractivity contribution is 5.87. The van der Waals surface area contributed by atoms with Crippen LogP contribution in [0.4, 0.5) is 0 Å². The largest absolute Gasteiger partial charge is 0.496 e. The lowest BCUT2D eigenvalue weighted by Crippen LogP contribution is -2.35. The fraction of sp³-hybridized carbons (Fsp3) is 0.412. The van der Waals surface area contributed by atoms with Crippen molar-refractivity contribution in [2.75, 3.05) is 27.7 Å². The van der Waals surface area contributed by atoms with Crippen LogP contribution in [0.3, 0.4) is 0 Å². The number of hydrogen-bond donors (Lipinski definition) is 1. The highest BCUT2D eigenvalue weighted by Gasteiger charge is 2.10. The van der Waals surface area contributed by atoms with E-state index < -0.39 is 0 Å². The summed E-state index contributed by atoms with van der Waals surface area (Å²) in [5.74, 6) is 0.952. The Morgan fingerprint density at radius 2 is 1.90 bits per heavy atom. The van der Waals surface area contributed by atoms with E-state index >= 15 is 0 Å². The van der Waals surface area contributed by atoms with Crippen LogP contribution in [0.25, 0.3) is 10.8 Å². The molecule has 0 heterocycles. The van der Waals surface area contributed by atoms with Gasteiger partial charge in [0.15, 0.2) is 0 Å². The predicted molar refractivity (Wildman–Crippen MR) is 85.4 cm³/mol. The first-order valence-corrected chi connectivity index (χ1v) is 7.04. The van der Waals surface area contributed by atoms with Crippen LogP contribution in [0.1, 0.15) is 12.5 Å². The van der Waals surface area contributed by atoms with Gasteiger partial charge in [-0.05, 0) is 37.9 Å². The zero-order valence-corrected chi connectivity index (χ0v) is 12.8. The molecule has 0 aromatic heterocycles. The number of rotatable bonds is 6. The van der Waals surface area contributed by atoms with Gasteiger partial charge >= 0.3 is 0 Å². The van der Waals surface area contributed by atoms with Gasteiger partial charge in [-0.25, -0.2) is 0 Å². The summed E-state index contributed by atoms with van der Waals surface area (Å²) in [6.45, 7) is 4.05. The minimum atomic E-state index is 0.439. The van der Waals surface area contributed by atoms with Crippen molar-refractivity contribution in [3.8, 4) is 5.75 Å². The number of likely N-dealkylation sites (N-methyl/N-ethyl adjacent to an activating group) is 1. The fourth-order valence-corrected chi connectivity index (χ4v) is 2.58. The van der Waals surface area contributed by atoms with E-state index in [0.717, 1.165) is 18.8 Å². The minimum absolute atomic E-state index is 0.439. The zero-order valence-electron chi connectivity index (χ0n) is 12.8. The summed E-state index contributed by atoms with van der Waals surface area (Å²) < 4.78 is 5.52. The molecule has 1 unspecified atom stereocenters. The summed E-state index contributed by atoms with van der Waals surface area (Å²) in [6, 6.07) is 13.0. The lowest BCUT2D eigenvalue weighted by molar-refractivity contribution is 0.347. The quantitative estimate of drug-likeness (QED) is 0.875. The average Bonchev–Trinajstić information content (AvgIpc) is 2.43. The fourth-order valence-electron chi connectivity index (χ4n) is 2.58. The Balaban J connectivity index is 2.23. The topological polar surface area (TPSA) is 24.5 Å². The monoisotopic (exact) mass is 272 g/mol. The normalized spacial score (nSPS) is 12.8. The maximum absolute atomic E-state index is 5.52. The van der Waals surface area contributed by atoms with E-state index in [9.17, 15) is 0 Å². The summed E-state index contributed by atoms with van der Waals surface area (Å²) in [4.78, 5) is 2.19. The average molecular weight is 272 g/mol. The molecule has 0 amide bonds. The number of methoxy groups -OCH3 is 1. The molecule has 1 N–H and O–H groups in total. The molecule has 1 atom stereocenters. The van der Waals surface area contributed by atoms with E-state index in [1.54, 1.807) is 7.11 Å². The van der Waals surface area contributed by atoms with Gasteiger partial charge in [-0.1, -0.05) is 30.3 Å². The molecule has 0 radical (unpaired) electrons.